The molecule has 8 nitrogen and oxygen atoms in total. The van der Waals surface area contributed by atoms with E-state index in [1.807, 2.05) is 27.2 Å². The summed E-state index contributed by atoms with van der Waals surface area (Å²) in [6.07, 6.45) is 25.4. The predicted molar refractivity (Wildman–Crippen MR) is 148 cm³/mol. The van der Waals surface area contributed by atoms with E-state index >= 15 is 0 Å². The van der Waals surface area contributed by atoms with E-state index in [0.29, 0.717) is 17.4 Å². The average molecular weight is 544 g/mol. The van der Waals surface area contributed by atoms with E-state index in [1.54, 1.807) is 0 Å². The zero-order valence-corrected chi connectivity index (χ0v) is 24.3. The molecule has 0 saturated carbocycles. The molecule has 0 amide bonds. The van der Waals surface area contributed by atoms with Crippen LogP contribution in [0, 0.1) is 0 Å². The van der Waals surface area contributed by atoms with Crippen LogP contribution in [0.3, 0.4) is 0 Å². The van der Waals surface area contributed by atoms with Crippen molar-refractivity contribution < 1.29 is 37.6 Å². The summed E-state index contributed by atoms with van der Waals surface area (Å²) in [5.74, 6) is -0.509. The Labute approximate surface area is 224 Å². The molecular weight excluding hydrogens is 493 g/mol. The van der Waals surface area contributed by atoms with E-state index < -0.39 is 33.1 Å². The number of unbranched alkanes of at least 4 members (excludes halogenated alkanes) is 4. The fourth-order valence-corrected chi connectivity index (χ4v) is 3.66. The molecule has 0 aromatic carbocycles. The molecule has 2 atom stereocenters. The first-order chi connectivity index (χ1) is 17.6. The minimum Gasteiger partial charge on any atom is -0.756 e. The maximum atomic E-state index is 12.0. The number of carbonyl (C=O) groups excluding carboxylic acids is 1. The minimum atomic E-state index is -4.53. The van der Waals surface area contributed by atoms with Gasteiger partial charge < -0.3 is 28.3 Å². The Morgan fingerprint density at radius 2 is 1.43 bits per heavy atom. The third-order valence-electron chi connectivity index (χ3n) is 5.14. The number of rotatable bonds is 23. The molecule has 9 heteroatoms. The molecule has 0 spiro atoms. The largest absolute Gasteiger partial charge is 0.756 e. The summed E-state index contributed by atoms with van der Waals surface area (Å²) in [4.78, 5) is 23.8. The molecule has 0 fully saturated rings. The van der Waals surface area contributed by atoms with E-state index in [1.165, 1.54) is 25.7 Å². The molecular formula is C28H50NO7P. The van der Waals surface area contributed by atoms with Crippen LogP contribution < -0.4 is 4.89 Å². The Morgan fingerprint density at radius 1 is 0.892 bits per heavy atom. The first-order valence-electron chi connectivity index (χ1n) is 13.4. The molecule has 0 aliphatic rings. The molecule has 0 aromatic heterocycles. The zero-order chi connectivity index (χ0) is 27.8. The highest BCUT2D eigenvalue weighted by molar-refractivity contribution is 7.45. The number of aliphatic hydroxyl groups is 1. The van der Waals surface area contributed by atoms with Crippen LogP contribution in [0.5, 0.6) is 0 Å². The van der Waals surface area contributed by atoms with Crippen LogP contribution >= 0.6 is 7.82 Å². The number of nitrogens with zero attached hydrogens (tertiary/aromatic N) is 1. The Hall–Kier alpha value is -1.54. The van der Waals surface area contributed by atoms with Crippen molar-refractivity contribution in [2.45, 2.75) is 77.2 Å². The third kappa shape index (κ3) is 25.9. The Kier molecular flexibility index (Phi) is 21.5. The van der Waals surface area contributed by atoms with Crippen molar-refractivity contribution in [3.05, 3.63) is 48.6 Å². The molecule has 0 heterocycles. The van der Waals surface area contributed by atoms with Gasteiger partial charge in [0.1, 0.15) is 19.3 Å². The van der Waals surface area contributed by atoms with Crippen LogP contribution in [0.15, 0.2) is 48.6 Å². The maximum Gasteiger partial charge on any atom is 0.306 e. The van der Waals surface area contributed by atoms with E-state index in [4.69, 9.17) is 13.8 Å². The van der Waals surface area contributed by atoms with Crippen molar-refractivity contribution >= 4 is 13.8 Å². The van der Waals surface area contributed by atoms with Gasteiger partial charge in [-0.15, -0.1) is 0 Å². The van der Waals surface area contributed by atoms with E-state index in [2.05, 4.69) is 49.5 Å². The number of allylic oxidation sites excluding steroid dienone is 8. The fraction of sp³-hybridized carbons (Fsp3) is 0.679. The summed E-state index contributed by atoms with van der Waals surface area (Å²) in [6.45, 7) is 1.65. The minimum absolute atomic E-state index is 0.0225. The molecule has 0 saturated heterocycles. The number of esters is 1. The first-order valence-corrected chi connectivity index (χ1v) is 14.9. The van der Waals surface area contributed by atoms with Gasteiger partial charge in [0, 0.05) is 6.42 Å². The molecule has 0 aliphatic carbocycles. The molecule has 37 heavy (non-hydrogen) atoms. The Morgan fingerprint density at radius 3 is 1.95 bits per heavy atom. The quantitative estimate of drug-likeness (QED) is 0.0617. The predicted octanol–water partition coefficient (Wildman–Crippen LogP) is 5.24. The van der Waals surface area contributed by atoms with E-state index in [-0.39, 0.29) is 13.0 Å². The molecule has 1 N–H and O–H groups in total. The smallest absolute Gasteiger partial charge is 0.306 e. The highest BCUT2D eigenvalue weighted by Crippen LogP contribution is 2.38. The highest BCUT2D eigenvalue weighted by atomic mass is 31.2. The summed E-state index contributed by atoms with van der Waals surface area (Å²) >= 11 is 0. The van der Waals surface area contributed by atoms with Crippen molar-refractivity contribution in [3.8, 4) is 0 Å². The Bertz CT molecular complexity index is 741. The summed E-state index contributed by atoms with van der Waals surface area (Å²) in [5.41, 5.74) is 0. The van der Waals surface area contributed by atoms with Crippen molar-refractivity contribution in [2.75, 3.05) is 47.5 Å². The molecule has 0 aliphatic heterocycles. The van der Waals surface area contributed by atoms with Crippen molar-refractivity contribution in [3.63, 3.8) is 0 Å². The summed E-state index contributed by atoms with van der Waals surface area (Å²) in [7, 11) is 1.19. The average Bonchev–Trinajstić information content (AvgIpc) is 2.82. The van der Waals surface area contributed by atoms with Gasteiger partial charge in [-0.2, -0.15) is 0 Å². The van der Waals surface area contributed by atoms with Gasteiger partial charge in [0.05, 0.1) is 34.4 Å². The molecule has 0 aromatic rings. The lowest BCUT2D eigenvalue weighted by molar-refractivity contribution is -0.870. The molecule has 214 valence electrons. The second-order valence-electron chi connectivity index (χ2n) is 9.87. The van der Waals surface area contributed by atoms with Crippen LogP contribution in [0.25, 0.3) is 0 Å². The van der Waals surface area contributed by atoms with Gasteiger partial charge in [0.25, 0.3) is 7.82 Å². The lowest BCUT2D eigenvalue weighted by Gasteiger charge is -2.28. The first kappa shape index (κ1) is 35.5. The topological polar surface area (TPSA) is 105 Å². The molecule has 0 radical (unpaired) electrons. The lowest BCUT2D eigenvalue weighted by atomic mass is 10.2. The van der Waals surface area contributed by atoms with Gasteiger partial charge in [-0.3, -0.25) is 9.36 Å². The number of ether oxygens (including phenoxy) is 1. The highest BCUT2D eigenvalue weighted by Gasteiger charge is 2.19. The fourth-order valence-electron chi connectivity index (χ4n) is 2.93. The number of phosphoric ester groups is 1. The number of carbonyl (C=O) groups is 1. The molecule has 0 bridgehead atoms. The van der Waals surface area contributed by atoms with Crippen LogP contribution in [-0.2, 0) is 23.1 Å². The number of phosphoric acid groups is 1. The van der Waals surface area contributed by atoms with E-state index in [0.717, 1.165) is 25.7 Å². The van der Waals surface area contributed by atoms with Gasteiger partial charge in [-0.25, -0.2) is 0 Å². The number of quaternary nitrogens is 1. The van der Waals surface area contributed by atoms with Crippen molar-refractivity contribution in [1.82, 2.24) is 0 Å². The molecule has 0 rings (SSSR count). The van der Waals surface area contributed by atoms with Gasteiger partial charge >= 0.3 is 5.97 Å². The van der Waals surface area contributed by atoms with Crippen LogP contribution in [0.4, 0.5) is 0 Å². The third-order valence-corrected chi connectivity index (χ3v) is 6.11. The van der Waals surface area contributed by atoms with Gasteiger partial charge in [-0.05, 0) is 44.9 Å². The monoisotopic (exact) mass is 543 g/mol. The second kappa shape index (κ2) is 22.4. The zero-order valence-electron chi connectivity index (χ0n) is 23.4. The van der Waals surface area contributed by atoms with E-state index in [9.17, 15) is 19.4 Å². The lowest BCUT2D eigenvalue weighted by Crippen LogP contribution is -2.37. The van der Waals surface area contributed by atoms with Gasteiger partial charge in [0.2, 0.25) is 0 Å². The summed E-state index contributed by atoms with van der Waals surface area (Å²) in [6, 6.07) is 0. The van der Waals surface area contributed by atoms with Crippen LogP contribution in [0.2, 0.25) is 0 Å². The maximum absolute atomic E-state index is 12.0. The number of hydrogen-bond donors (Lipinski definition) is 1. The summed E-state index contributed by atoms with van der Waals surface area (Å²) in [5, 5.41) is 9.36. The van der Waals surface area contributed by atoms with Gasteiger partial charge in [-0.1, -0.05) is 68.4 Å². The number of hydrogen-bond acceptors (Lipinski definition) is 7. The van der Waals surface area contributed by atoms with Crippen LogP contribution in [-0.4, -0.2) is 69.2 Å². The number of aliphatic hydroxyl groups excluding tert-OH is 1. The van der Waals surface area contributed by atoms with Crippen LogP contribution in [0.1, 0.15) is 71.1 Å². The SMILES string of the molecule is CCCCC/C=C\C/C=C\C/C=C\C/C=C\CCCC(=O)O[C@H](CO)COP(=O)([O-])OCC[N+](C)(C)C. The van der Waals surface area contributed by atoms with Crippen molar-refractivity contribution in [1.29, 1.82) is 0 Å². The van der Waals surface area contributed by atoms with Crippen molar-refractivity contribution in [2.24, 2.45) is 0 Å². The number of likely N-dealkylation sites (N-methyl/N-ethyl adjacent to an activating group) is 1. The normalized spacial score (nSPS) is 15.3. The second-order valence-corrected chi connectivity index (χ2v) is 11.3. The molecule has 1 unspecified atom stereocenters. The van der Waals surface area contributed by atoms with Gasteiger partial charge in [0.15, 0.2) is 0 Å². The summed E-state index contributed by atoms with van der Waals surface area (Å²) < 4.78 is 27.0. The Balaban J connectivity index is 3.91. The standard InChI is InChI=1S/C28H50NO7P/c1-5-6-7-8-9-10-11-12-13-14-15-16-17-18-19-20-21-22-28(31)36-27(25-30)26-35-37(32,33)34-24-23-29(2,3)4/h9-10,12-13,15-16,18-19,27,30H,5-8,11,14,17,20-26H2,1-4H3/b10-9-,13-12-,16-15-,19-18-/t27-/m1/s1.